The highest BCUT2D eigenvalue weighted by Crippen LogP contribution is 2.27. The zero-order chi connectivity index (χ0) is 19.1. The van der Waals surface area contributed by atoms with Crippen LogP contribution in [0.15, 0.2) is 48.5 Å². The third kappa shape index (κ3) is 5.23. The molecule has 5 heteroatoms. The number of carbonyl (C=O) groups is 1. The van der Waals surface area contributed by atoms with Crippen molar-refractivity contribution in [3.05, 3.63) is 59.7 Å². The smallest absolute Gasteiger partial charge is 0.227 e. The van der Waals surface area contributed by atoms with Gasteiger partial charge in [-0.3, -0.25) is 9.69 Å². The Morgan fingerprint density at radius 2 is 1.59 bits per heavy atom. The lowest BCUT2D eigenvalue weighted by atomic mass is 10.1. The molecule has 1 aliphatic rings. The molecular weight excluding hydrogens is 340 g/mol. The van der Waals surface area contributed by atoms with Crippen molar-refractivity contribution in [2.75, 3.05) is 46.9 Å². The van der Waals surface area contributed by atoms with Gasteiger partial charge < -0.3 is 14.4 Å². The van der Waals surface area contributed by atoms with E-state index in [-0.39, 0.29) is 5.91 Å². The molecule has 1 saturated heterocycles. The molecule has 1 amide bonds. The van der Waals surface area contributed by atoms with Crippen molar-refractivity contribution in [1.82, 2.24) is 9.80 Å². The molecule has 2 aromatic carbocycles. The monoisotopic (exact) mass is 368 g/mol. The van der Waals surface area contributed by atoms with Crippen LogP contribution in [0.25, 0.3) is 0 Å². The predicted molar refractivity (Wildman–Crippen MR) is 106 cm³/mol. The molecule has 0 N–H and O–H groups in total. The maximum atomic E-state index is 12.5. The van der Waals surface area contributed by atoms with Crippen LogP contribution in [-0.4, -0.2) is 62.7 Å². The van der Waals surface area contributed by atoms with Crippen molar-refractivity contribution < 1.29 is 14.3 Å². The van der Waals surface area contributed by atoms with Gasteiger partial charge in [0.1, 0.15) is 0 Å². The van der Waals surface area contributed by atoms with Crippen molar-refractivity contribution >= 4 is 5.91 Å². The predicted octanol–water partition coefficient (Wildman–Crippen LogP) is 2.63. The fourth-order valence-electron chi connectivity index (χ4n) is 3.43. The van der Waals surface area contributed by atoms with Gasteiger partial charge in [0.15, 0.2) is 11.5 Å². The van der Waals surface area contributed by atoms with Gasteiger partial charge in [-0.15, -0.1) is 0 Å². The molecule has 0 saturated carbocycles. The molecule has 0 aromatic heterocycles. The van der Waals surface area contributed by atoms with Crippen LogP contribution in [0.5, 0.6) is 11.5 Å². The van der Waals surface area contributed by atoms with Gasteiger partial charge in [-0.05, 0) is 29.7 Å². The average Bonchev–Trinajstić information content (AvgIpc) is 2.73. The van der Waals surface area contributed by atoms with Gasteiger partial charge in [-0.2, -0.15) is 0 Å². The van der Waals surface area contributed by atoms with Gasteiger partial charge in [0.25, 0.3) is 0 Å². The number of piperazine rings is 1. The SMILES string of the molecule is COc1ccc(CCN2CCN(C(=O)Cc3ccccc3)CC2)cc1OC. The summed E-state index contributed by atoms with van der Waals surface area (Å²) in [5.74, 6) is 1.75. The Labute approximate surface area is 161 Å². The molecule has 0 aliphatic carbocycles. The summed E-state index contributed by atoms with van der Waals surface area (Å²) >= 11 is 0. The highest BCUT2D eigenvalue weighted by Gasteiger charge is 2.21. The second kappa shape index (κ2) is 9.42. The number of carbonyl (C=O) groups excluding carboxylic acids is 1. The first-order chi connectivity index (χ1) is 13.2. The Kier molecular flexibility index (Phi) is 6.71. The molecule has 5 nitrogen and oxygen atoms in total. The molecule has 0 radical (unpaired) electrons. The van der Waals surface area contributed by atoms with Gasteiger partial charge in [-0.1, -0.05) is 36.4 Å². The summed E-state index contributed by atoms with van der Waals surface area (Å²) in [7, 11) is 3.31. The van der Waals surface area contributed by atoms with E-state index in [4.69, 9.17) is 9.47 Å². The normalized spacial score (nSPS) is 14.8. The number of amides is 1. The molecule has 1 fully saturated rings. The molecule has 27 heavy (non-hydrogen) atoms. The van der Waals surface area contributed by atoms with Crippen LogP contribution in [0.2, 0.25) is 0 Å². The van der Waals surface area contributed by atoms with Crippen molar-refractivity contribution in [2.45, 2.75) is 12.8 Å². The second-order valence-corrected chi connectivity index (χ2v) is 6.82. The topological polar surface area (TPSA) is 42.0 Å². The molecule has 0 unspecified atom stereocenters. The van der Waals surface area contributed by atoms with Crippen LogP contribution in [-0.2, 0) is 17.6 Å². The van der Waals surface area contributed by atoms with Crippen LogP contribution >= 0.6 is 0 Å². The van der Waals surface area contributed by atoms with Gasteiger partial charge >= 0.3 is 0 Å². The highest BCUT2D eigenvalue weighted by molar-refractivity contribution is 5.78. The lowest BCUT2D eigenvalue weighted by molar-refractivity contribution is -0.132. The lowest BCUT2D eigenvalue weighted by Crippen LogP contribution is -2.49. The Hall–Kier alpha value is -2.53. The first kappa shape index (κ1) is 19.2. The Bertz CT molecular complexity index is 740. The number of ether oxygens (including phenoxy) is 2. The summed E-state index contributed by atoms with van der Waals surface area (Å²) in [5.41, 5.74) is 2.31. The number of nitrogens with zero attached hydrogens (tertiary/aromatic N) is 2. The quantitative estimate of drug-likeness (QED) is 0.753. The van der Waals surface area contributed by atoms with Crippen molar-refractivity contribution in [3.63, 3.8) is 0 Å². The van der Waals surface area contributed by atoms with Gasteiger partial charge in [-0.25, -0.2) is 0 Å². The van der Waals surface area contributed by atoms with Crippen molar-refractivity contribution in [1.29, 1.82) is 0 Å². The van der Waals surface area contributed by atoms with E-state index in [1.54, 1.807) is 14.2 Å². The summed E-state index contributed by atoms with van der Waals surface area (Å²) in [6.07, 6.45) is 1.45. The first-order valence-electron chi connectivity index (χ1n) is 9.44. The van der Waals surface area contributed by atoms with Crippen LogP contribution < -0.4 is 9.47 Å². The molecule has 0 bridgehead atoms. The molecule has 0 atom stereocenters. The summed E-state index contributed by atoms with van der Waals surface area (Å²) in [6.45, 7) is 4.44. The van der Waals surface area contributed by atoms with Crippen LogP contribution in [0.3, 0.4) is 0 Å². The fourth-order valence-corrected chi connectivity index (χ4v) is 3.43. The molecular formula is C22H28N2O3. The number of methoxy groups -OCH3 is 2. The molecule has 1 aliphatic heterocycles. The zero-order valence-corrected chi connectivity index (χ0v) is 16.2. The summed E-state index contributed by atoms with van der Waals surface area (Å²) in [4.78, 5) is 16.9. The number of benzene rings is 2. The molecule has 3 rings (SSSR count). The van der Waals surface area contributed by atoms with E-state index >= 15 is 0 Å². The second-order valence-electron chi connectivity index (χ2n) is 6.82. The number of hydrogen-bond donors (Lipinski definition) is 0. The molecule has 144 valence electrons. The summed E-state index contributed by atoms with van der Waals surface area (Å²) < 4.78 is 10.7. The molecule has 0 spiro atoms. The highest BCUT2D eigenvalue weighted by atomic mass is 16.5. The zero-order valence-electron chi connectivity index (χ0n) is 16.2. The van der Waals surface area contributed by atoms with E-state index in [1.807, 2.05) is 47.4 Å². The van der Waals surface area contributed by atoms with Gasteiger partial charge in [0.2, 0.25) is 5.91 Å². The van der Waals surface area contributed by atoms with Crippen LogP contribution in [0.1, 0.15) is 11.1 Å². The van der Waals surface area contributed by atoms with E-state index in [0.29, 0.717) is 6.42 Å². The fraction of sp³-hybridized carbons (Fsp3) is 0.409. The third-order valence-corrected chi connectivity index (χ3v) is 5.09. The summed E-state index contributed by atoms with van der Waals surface area (Å²) in [5, 5.41) is 0. The Balaban J connectivity index is 1.45. The van der Waals surface area contributed by atoms with Crippen molar-refractivity contribution in [3.8, 4) is 11.5 Å². The van der Waals surface area contributed by atoms with E-state index in [1.165, 1.54) is 5.56 Å². The summed E-state index contributed by atoms with van der Waals surface area (Å²) in [6, 6.07) is 16.0. The van der Waals surface area contributed by atoms with Gasteiger partial charge in [0, 0.05) is 32.7 Å². The van der Waals surface area contributed by atoms with Gasteiger partial charge in [0.05, 0.1) is 20.6 Å². The van der Waals surface area contributed by atoms with Crippen LogP contribution in [0, 0.1) is 0 Å². The first-order valence-corrected chi connectivity index (χ1v) is 9.44. The van der Waals surface area contributed by atoms with E-state index in [9.17, 15) is 4.79 Å². The van der Waals surface area contributed by atoms with E-state index in [2.05, 4.69) is 11.0 Å². The minimum atomic E-state index is 0.223. The maximum Gasteiger partial charge on any atom is 0.227 e. The largest absolute Gasteiger partial charge is 0.493 e. The number of rotatable bonds is 7. The van der Waals surface area contributed by atoms with Crippen LogP contribution in [0.4, 0.5) is 0 Å². The lowest BCUT2D eigenvalue weighted by Gasteiger charge is -2.34. The minimum absolute atomic E-state index is 0.223. The average molecular weight is 368 g/mol. The van der Waals surface area contributed by atoms with Crippen molar-refractivity contribution in [2.24, 2.45) is 0 Å². The molecule has 2 aromatic rings. The standard InChI is InChI=1S/C22H28N2O3/c1-26-20-9-8-19(16-21(20)27-2)10-11-23-12-14-24(15-13-23)22(25)17-18-6-4-3-5-7-18/h3-9,16H,10-15,17H2,1-2H3. The number of hydrogen-bond acceptors (Lipinski definition) is 4. The third-order valence-electron chi connectivity index (χ3n) is 5.09. The maximum absolute atomic E-state index is 12.5. The molecule has 1 heterocycles. The minimum Gasteiger partial charge on any atom is -0.493 e. The Morgan fingerprint density at radius 1 is 0.889 bits per heavy atom. The van der Waals surface area contributed by atoms with E-state index in [0.717, 1.165) is 56.2 Å². The Morgan fingerprint density at radius 3 is 2.26 bits per heavy atom. The van der Waals surface area contributed by atoms with E-state index < -0.39 is 0 Å².